The van der Waals surface area contributed by atoms with Crippen LogP contribution in [0.25, 0.3) is 22.1 Å². The van der Waals surface area contributed by atoms with Crippen LogP contribution in [0.4, 0.5) is 13.2 Å². The number of hydrogen-bond acceptors (Lipinski definition) is 6. The highest BCUT2D eigenvalue weighted by atomic mass is 19.4. The second-order valence-electron chi connectivity index (χ2n) is 11.1. The van der Waals surface area contributed by atoms with Crippen LogP contribution in [-0.2, 0) is 16.0 Å². The number of rotatable bonds is 6. The first-order valence-electron chi connectivity index (χ1n) is 13.1. The van der Waals surface area contributed by atoms with Gasteiger partial charge in [0, 0.05) is 17.0 Å². The zero-order valence-corrected chi connectivity index (χ0v) is 22.6. The lowest BCUT2D eigenvalue weighted by Gasteiger charge is -2.28. The lowest BCUT2D eigenvalue weighted by Crippen LogP contribution is -2.43. The molecule has 0 N–H and O–H groups in total. The predicted molar refractivity (Wildman–Crippen MR) is 141 cm³/mol. The van der Waals surface area contributed by atoms with Gasteiger partial charge >= 0.3 is 17.8 Å². The molecule has 0 radical (unpaired) electrons. The maximum Gasteiger partial charge on any atom is 0.398 e. The van der Waals surface area contributed by atoms with Crippen molar-refractivity contribution in [3.8, 4) is 16.9 Å². The molecule has 0 amide bonds. The molecule has 2 heterocycles. The molecule has 1 aliphatic heterocycles. The number of esters is 1. The summed E-state index contributed by atoms with van der Waals surface area (Å²) in [7, 11) is 1.74. The van der Waals surface area contributed by atoms with Crippen molar-refractivity contribution in [3.63, 3.8) is 0 Å². The molecule has 39 heavy (non-hydrogen) atoms. The van der Waals surface area contributed by atoms with Crippen molar-refractivity contribution in [2.24, 2.45) is 5.92 Å². The lowest BCUT2D eigenvalue weighted by molar-refractivity contribution is -0.216. The molecule has 5 unspecified atom stereocenters. The minimum absolute atomic E-state index is 0.0314. The molecular formula is C30H32F3NO5. The molecule has 9 heteroatoms. The Morgan fingerprint density at radius 2 is 1.72 bits per heavy atom. The van der Waals surface area contributed by atoms with E-state index in [0.29, 0.717) is 10.9 Å². The van der Waals surface area contributed by atoms with E-state index in [9.17, 15) is 22.8 Å². The molecule has 1 saturated carbocycles. The molecule has 208 valence electrons. The normalized spacial score (nSPS) is 27.9. The van der Waals surface area contributed by atoms with Gasteiger partial charge in [0.05, 0.1) is 5.56 Å². The summed E-state index contributed by atoms with van der Waals surface area (Å²) in [4.78, 5) is 27.5. The van der Waals surface area contributed by atoms with Crippen molar-refractivity contribution in [2.45, 2.75) is 76.4 Å². The molecule has 0 bridgehead atoms. The third-order valence-corrected chi connectivity index (χ3v) is 8.90. The number of ether oxygens (including phenoxy) is 2. The van der Waals surface area contributed by atoms with Crippen LogP contribution >= 0.6 is 0 Å². The molecule has 1 saturated heterocycles. The van der Waals surface area contributed by atoms with E-state index in [1.165, 1.54) is 6.07 Å². The lowest BCUT2D eigenvalue weighted by atomic mass is 9.98. The topological polar surface area (TPSA) is 68.8 Å². The van der Waals surface area contributed by atoms with E-state index >= 15 is 0 Å². The summed E-state index contributed by atoms with van der Waals surface area (Å²) in [6.07, 6.45) is -6.39. The summed E-state index contributed by atoms with van der Waals surface area (Å²) < 4.78 is 59.4. The Bertz CT molecular complexity index is 1480. The molecule has 2 fully saturated rings. The van der Waals surface area contributed by atoms with E-state index in [1.54, 1.807) is 37.1 Å². The first kappa shape index (κ1) is 27.2. The molecule has 5 rings (SSSR count). The molecular weight excluding hydrogens is 511 g/mol. The van der Waals surface area contributed by atoms with Gasteiger partial charge in [-0.2, -0.15) is 13.2 Å². The van der Waals surface area contributed by atoms with E-state index < -0.39 is 47.0 Å². The fourth-order valence-corrected chi connectivity index (χ4v) is 5.84. The van der Waals surface area contributed by atoms with Gasteiger partial charge in [-0.15, -0.1) is 0 Å². The highest BCUT2D eigenvalue weighted by Crippen LogP contribution is 2.51. The van der Waals surface area contributed by atoms with E-state index in [1.807, 2.05) is 45.0 Å². The van der Waals surface area contributed by atoms with Gasteiger partial charge in [0.25, 0.3) is 0 Å². The number of carbonyl (C=O) groups is 1. The van der Waals surface area contributed by atoms with E-state index in [2.05, 4.69) is 0 Å². The Labute approximate surface area is 224 Å². The largest absolute Gasteiger partial charge is 0.489 e. The van der Waals surface area contributed by atoms with Crippen LogP contribution in [0.2, 0.25) is 0 Å². The van der Waals surface area contributed by atoms with Gasteiger partial charge in [-0.3, -0.25) is 4.90 Å². The smallest absolute Gasteiger partial charge is 0.398 e. The molecule has 5 atom stereocenters. The van der Waals surface area contributed by atoms with Crippen molar-refractivity contribution in [2.75, 3.05) is 7.05 Å². The zero-order valence-electron chi connectivity index (χ0n) is 22.6. The third kappa shape index (κ3) is 4.50. The SMILES string of the molecule is CCc1ccccc1-c1cc2ccc(OC3CCC(OC(=O)C4(C)N(C)C4(C)C)C3C(F)(F)F)cc2oc1=O. The van der Waals surface area contributed by atoms with E-state index in [-0.39, 0.29) is 24.2 Å². The van der Waals surface area contributed by atoms with Crippen molar-refractivity contribution >= 4 is 16.9 Å². The van der Waals surface area contributed by atoms with Gasteiger partial charge < -0.3 is 13.9 Å². The number of alkyl halides is 3. The van der Waals surface area contributed by atoms with Crippen LogP contribution in [0.15, 0.2) is 57.7 Å². The first-order valence-corrected chi connectivity index (χ1v) is 13.1. The molecule has 1 aromatic heterocycles. The summed E-state index contributed by atoms with van der Waals surface area (Å²) in [5.74, 6) is -2.50. The number of aryl methyl sites for hydroxylation is 1. The van der Waals surface area contributed by atoms with Crippen molar-refractivity contribution in [3.05, 3.63) is 64.5 Å². The fraction of sp³-hybridized carbons (Fsp3) is 0.467. The number of halogens is 3. The van der Waals surface area contributed by atoms with E-state index in [4.69, 9.17) is 13.9 Å². The monoisotopic (exact) mass is 543 g/mol. The second-order valence-corrected chi connectivity index (χ2v) is 11.1. The Balaban J connectivity index is 1.38. The van der Waals surface area contributed by atoms with Crippen molar-refractivity contribution in [1.29, 1.82) is 0 Å². The predicted octanol–water partition coefficient (Wildman–Crippen LogP) is 6.14. The zero-order chi connectivity index (χ0) is 28.3. The summed E-state index contributed by atoms with van der Waals surface area (Å²) in [6, 6.07) is 13.9. The average Bonchev–Trinajstić information content (AvgIpc) is 3.14. The van der Waals surface area contributed by atoms with Gasteiger partial charge in [-0.1, -0.05) is 31.2 Å². The number of benzene rings is 2. The molecule has 0 spiro atoms. The minimum atomic E-state index is -4.64. The maximum absolute atomic E-state index is 14.2. The third-order valence-electron chi connectivity index (χ3n) is 8.90. The van der Waals surface area contributed by atoms with Gasteiger partial charge in [0.1, 0.15) is 35.0 Å². The van der Waals surface area contributed by atoms with E-state index in [0.717, 1.165) is 17.5 Å². The number of likely N-dealkylation sites (N-methyl/N-ethyl adjacent to an activating group) is 1. The Hall–Kier alpha value is -3.33. The highest BCUT2D eigenvalue weighted by Gasteiger charge is 2.70. The van der Waals surface area contributed by atoms with Gasteiger partial charge in [-0.05, 0) is 76.4 Å². The Kier molecular flexibility index (Phi) is 6.57. The van der Waals surface area contributed by atoms with Crippen LogP contribution in [0.3, 0.4) is 0 Å². The number of nitrogens with zero attached hydrogens (tertiary/aromatic N) is 1. The fourth-order valence-electron chi connectivity index (χ4n) is 5.84. The maximum atomic E-state index is 14.2. The first-order chi connectivity index (χ1) is 18.3. The standard InChI is InChI=1S/C30H32F3NO5/c1-6-17-9-7-8-10-20(17)21-15-18-11-12-19(16-24(18)38-26(21)35)37-22-13-14-23(25(22)30(31,32)33)39-27(36)29(4)28(2,3)34(29)5/h7-12,15-16,22-23,25H,6,13-14H2,1-5H3. The molecule has 3 aromatic rings. The van der Waals surface area contributed by atoms with Crippen LogP contribution < -0.4 is 10.4 Å². The molecule has 6 nitrogen and oxygen atoms in total. The number of fused-ring (bicyclic) bond motifs is 1. The van der Waals surface area contributed by atoms with Gasteiger partial charge in [0.2, 0.25) is 0 Å². The van der Waals surface area contributed by atoms with Gasteiger partial charge in [-0.25, -0.2) is 9.59 Å². The van der Waals surface area contributed by atoms with Crippen molar-refractivity contribution in [1.82, 2.24) is 4.90 Å². The highest BCUT2D eigenvalue weighted by molar-refractivity contribution is 5.87. The Morgan fingerprint density at radius 3 is 2.36 bits per heavy atom. The van der Waals surface area contributed by atoms with Gasteiger partial charge in [0.15, 0.2) is 0 Å². The quantitative estimate of drug-likeness (QED) is 0.212. The Morgan fingerprint density at radius 1 is 1.05 bits per heavy atom. The molecule has 2 aromatic carbocycles. The average molecular weight is 544 g/mol. The number of carbonyl (C=O) groups excluding carboxylic acids is 1. The van der Waals surface area contributed by atoms with Crippen LogP contribution in [0, 0.1) is 5.92 Å². The van der Waals surface area contributed by atoms with Crippen LogP contribution in [0.5, 0.6) is 5.75 Å². The molecule has 1 aliphatic carbocycles. The number of hydrogen-bond donors (Lipinski definition) is 0. The summed E-state index contributed by atoms with van der Waals surface area (Å²) in [5, 5.41) is 0.623. The summed E-state index contributed by atoms with van der Waals surface area (Å²) >= 11 is 0. The van der Waals surface area contributed by atoms with Crippen LogP contribution in [0.1, 0.15) is 46.1 Å². The van der Waals surface area contributed by atoms with Crippen LogP contribution in [-0.4, -0.2) is 47.4 Å². The molecule has 2 aliphatic rings. The minimum Gasteiger partial charge on any atom is -0.489 e. The summed E-state index contributed by atoms with van der Waals surface area (Å²) in [6.45, 7) is 7.37. The summed E-state index contributed by atoms with van der Waals surface area (Å²) in [5.41, 5.74) is 0.405. The second kappa shape index (κ2) is 9.40. The van der Waals surface area contributed by atoms with Crippen molar-refractivity contribution < 1.29 is 31.9 Å².